The van der Waals surface area contributed by atoms with Gasteiger partial charge in [0.15, 0.2) is 0 Å². The molecule has 0 aromatic rings. The molecule has 1 heterocycles. The zero-order valence-electron chi connectivity index (χ0n) is 12.7. The van der Waals surface area contributed by atoms with Gasteiger partial charge in [0.2, 0.25) is 5.91 Å². The standard InChI is InChI=1S/C15H28N2OS/c1-5-14-16-13(8-10(2)3)15(18)17(14)11-6-7-12(9-11)19-4/h10-14,16H,5-9H2,1-4H3. The maximum absolute atomic E-state index is 12.6. The molecule has 1 saturated heterocycles. The molecule has 2 fully saturated rings. The third kappa shape index (κ3) is 3.27. The third-order valence-electron chi connectivity index (χ3n) is 4.46. The van der Waals surface area contributed by atoms with Crippen molar-refractivity contribution in [3.63, 3.8) is 0 Å². The first-order chi connectivity index (χ1) is 9.06. The first-order valence-electron chi connectivity index (χ1n) is 7.67. The van der Waals surface area contributed by atoms with Crippen molar-refractivity contribution in [1.82, 2.24) is 10.2 Å². The van der Waals surface area contributed by atoms with E-state index in [1.54, 1.807) is 0 Å². The van der Waals surface area contributed by atoms with Crippen molar-refractivity contribution in [3.8, 4) is 0 Å². The number of carbonyl (C=O) groups excluding carboxylic acids is 1. The van der Waals surface area contributed by atoms with Crippen LogP contribution in [-0.4, -0.2) is 40.6 Å². The summed E-state index contributed by atoms with van der Waals surface area (Å²) in [5, 5.41) is 4.30. The number of amides is 1. The predicted molar refractivity (Wildman–Crippen MR) is 82.2 cm³/mol. The summed E-state index contributed by atoms with van der Waals surface area (Å²) >= 11 is 1.96. The molecule has 4 atom stereocenters. The predicted octanol–water partition coefficient (Wildman–Crippen LogP) is 2.85. The minimum atomic E-state index is 0.0540. The third-order valence-corrected chi connectivity index (χ3v) is 5.55. The van der Waals surface area contributed by atoms with E-state index in [0.717, 1.165) is 18.1 Å². The molecule has 0 spiro atoms. The molecule has 1 aliphatic heterocycles. The summed E-state index contributed by atoms with van der Waals surface area (Å²) in [5.74, 6) is 0.925. The van der Waals surface area contributed by atoms with Crippen LogP contribution in [-0.2, 0) is 4.79 Å². The van der Waals surface area contributed by atoms with Crippen molar-refractivity contribution in [2.75, 3.05) is 6.26 Å². The molecule has 0 radical (unpaired) electrons. The molecule has 4 heteroatoms. The van der Waals surface area contributed by atoms with Gasteiger partial charge < -0.3 is 4.90 Å². The Kier molecular flexibility index (Phi) is 5.18. The largest absolute Gasteiger partial charge is 0.323 e. The summed E-state index contributed by atoms with van der Waals surface area (Å²) in [4.78, 5) is 14.8. The first-order valence-corrected chi connectivity index (χ1v) is 8.96. The van der Waals surface area contributed by atoms with Crippen LogP contribution in [0.2, 0.25) is 0 Å². The van der Waals surface area contributed by atoms with E-state index in [0.29, 0.717) is 17.9 Å². The fraction of sp³-hybridized carbons (Fsp3) is 0.933. The highest BCUT2D eigenvalue weighted by Gasteiger charge is 2.43. The lowest BCUT2D eigenvalue weighted by Gasteiger charge is -2.29. The van der Waals surface area contributed by atoms with Gasteiger partial charge >= 0.3 is 0 Å². The first kappa shape index (κ1) is 15.2. The Morgan fingerprint density at radius 2 is 2.16 bits per heavy atom. The average molecular weight is 284 g/mol. The number of rotatable bonds is 5. The van der Waals surface area contributed by atoms with Crippen molar-refractivity contribution in [1.29, 1.82) is 0 Å². The number of nitrogens with zero attached hydrogens (tertiary/aromatic N) is 1. The minimum absolute atomic E-state index is 0.0540. The summed E-state index contributed by atoms with van der Waals surface area (Å²) < 4.78 is 0. The van der Waals surface area contributed by atoms with Gasteiger partial charge in [-0.15, -0.1) is 0 Å². The van der Waals surface area contributed by atoms with Crippen molar-refractivity contribution in [2.24, 2.45) is 5.92 Å². The van der Waals surface area contributed by atoms with Crippen LogP contribution in [0.25, 0.3) is 0 Å². The zero-order chi connectivity index (χ0) is 14.0. The molecule has 1 saturated carbocycles. The van der Waals surface area contributed by atoms with Gasteiger partial charge in [-0.1, -0.05) is 20.8 Å². The summed E-state index contributed by atoms with van der Waals surface area (Å²) in [5.41, 5.74) is 0. The van der Waals surface area contributed by atoms with Gasteiger partial charge in [0.05, 0.1) is 12.2 Å². The van der Waals surface area contributed by atoms with Gasteiger partial charge in [-0.3, -0.25) is 10.1 Å². The molecular weight excluding hydrogens is 256 g/mol. The van der Waals surface area contributed by atoms with Gasteiger partial charge in [-0.05, 0) is 44.3 Å². The van der Waals surface area contributed by atoms with Crippen LogP contribution in [0.1, 0.15) is 52.9 Å². The van der Waals surface area contributed by atoms with Crippen LogP contribution in [0, 0.1) is 5.92 Å². The molecule has 1 N–H and O–H groups in total. The number of carbonyl (C=O) groups is 1. The summed E-state index contributed by atoms with van der Waals surface area (Å²) in [6.45, 7) is 6.56. The van der Waals surface area contributed by atoms with E-state index in [2.05, 4.69) is 37.2 Å². The van der Waals surface area contributed by atoms with E-state index < -0.39 is 0 Å². The monoisotopic (exact) mass is 284 g/mol. The molecule has 1 amide bonds. The molecule has 0 bridgehead atoms. The molecule has 0 aromatic carbocycles. The van der Waals surface area contributed by atoms with Gasteiger partial charge in [-0.2, -0.15) is 11.8 Å². The maximum Gasteiger partial charge on any atom is 0.241 e. The van der Waals surface area contributed by atoms with Gasteiger partial charge in [0, 0.05) is 11.3 Å². The Balaban J connectivity index is 2.04. The van der Waals surface area contributed by atoms with Gasteiger partial charge in [-0.25, -0.2) is 0 Å². The van der Waals surface area contributed by atoms with E-state index in [9.17, 15) is 4.79 Å². The van der Waals surface area contributed by atoms with Crippen LogP contribution in [0.15, 0.2) is 0 Å². The Bertz CT molecular complexity index is 321. The van der Waals surface area contributed by atoms with E-state index in [1.165, 1.54) is 19.3 Å². The SMILES string of the molecule is CCC1NC(CC(C)C)C(=O)N1C1CCC(SC)C1. The lowest BCUT2D eigenvalue weighted by atomic mass is 10.0. The second-order valence-corrected chi connectivity index (χ2v) is 7.48. The number of hydrogen-bond acceptors (Lipinski definition) is 3. The highest BCUT2D eigenvalue weighted by Crippen LogP contribution is 2.34. The Morgan fingerprint density at radius 1 is 1.42 bits per heavy atom. The molecule has 2 rings (SSSR count). The lowest BCUT2D eigenvalue weighted by Crippen LogP contribution is -2.43. The summed E-state index contributed by atoms with van der Waals surface area (Å²) in [6, 6.07) is 0.526. The minimum Gasteiger partial charge on any atom is -0.323 e. The lowest BCUT2D eigenvalue weighted by molar-refractivity contribution is -0.132. The molecule has 0 aromatic heterocycles. The van der Waals surface area contributed by atoms with E-state index in [4.69, 9.17) is 0 Å². The highest BCUT2D eigenvalue weighted by atomic mass is 32.2. The molecule has 3 nitrogen and oxygen atoms in total. The molecular formula is C15H28N2OS. The van der Waals surface area contributed by atoms with Gasteiger partial charge in [0.1, 0.15) is 0 Å². The molecule has 2 aliphatic rings. The number of nitrogens with one attached hydrogen (secondary N) is 1. The summed E-state index contributed by atoms with van der Waals surface area (Å²) in [6.07, 6.45) is 8.06. The fourth-order valence-electron chi connectivity index (χ4n) is 3.49. The topological polar surface area (TPSA) is 32.3 Å². The number of hydrogen-bond donors (Lipinski definition) is 1. The van der Waals surface area contributed by atoms with Crippen molar-refractivity contribution >= 4 is 17.7 Å². The summed E-state index contributed by atoms with van der Waals surface area (Å²) in [7, 11) is 0. The van der Waals surface area contributed by atoms with Crippen LogP contribution in [0.5, 0.6) is 0 Å². The van der Waals surface area contributed by atoms with Crippen LogP contribution >= 0.6 is 11.8 Å². The number of thioether (sulfide) groups is 1. The molecule has 1 aliphatic carbocycles. The van der Waals surface area contributed by atoms with Crippen LogP contribution in [0.3, 0.4) is 0 Å². The molecule has 19 heavy (non-hydrogen) atoms. The maximum atomic E-state index is 12.6. The Hall–Kier alpha value is -0.220. The van der Waals surface area contributed by atoms with Crippen LogP contribution < -0.4 is 5.32 Å². The van der Waals surface area contributed by atoms with E-state index >= 15 is 0 Å². The van der Waals surface area contributed by atoms with Gasteiger partial charge in [0.25, 0.3) is 0 Å². The van der Waals surface area contributed by atoms with Crippen molar-refractivity contribution in [2.45, 2.75) is 76.4 Å². The smallest absolute Gasteiger partial charge is 0.241 e. The second-order valence-electron chi connectivity index (χ2n) is 6.34. The average Bonchev–Trinajstić information content (AvgIpc) is 2.94. The van der Waals surface area contributed by atoms with Crippen LogP contribution in [0.4, 0.5) is 0 Å². The highest BCUT2D eigenvalue weighted by molar-refractivity contribution is 7.99. The second kappa shape index (κ2) is 6.49. The normalized spacial score (nSPS) is 35.6. The molecule has 4 unspecified atom stereocenters. The van der Waals surface area contributed by atoms with Crippen molar-refractivity contribution in [3.05, 3.63) is 0 Å². The fourth-order valence-corrected chi connectivity index (χ4v) is 4.28. The quantitative estimate of drug-likeness (QED) is 0.842. The Labute approximate surface area is 121 Å². The Morgan fingerprint density at radius 3 is 2.68 bits per heavy atom. The van der Waals surface area contributed by atoms with E-state index in [-0.39, 0.29) is 12.2 Å². The zero-order valence-corrected chi connectivity index (χ0v) is 13.5. The molecule has 110 valence electrons. The van der Waals surface area contributed by atoms with Crippen molar-refractivity contribution < 1.29 is 4.79 Å². The van der Waals surface area contributed by atoms with E-state index in [1.807, 2.05) is 11.8 Å².